The lowest BCUT2D eigenvalue weighted by Crippen LogP contribution is -2.18. The molecule has 0 spiro atoms. The Kier molecular flexibility index (Phi) is 4.70. The molecule has 0 radical (unpaired) electrons. The zero-order valence-corrected chi connectivity index (χ0v) is 12.8. The maximum absolute atomic E-state index is 12.2. The highest BCUT2D eigenvalue weighted by Gasteiger charge is 2.20. The Bertz CT molecular complexity index is 688. The Balaban J connectivity index is 2.33. The summed E-state index contributed by atoms with van der Waals surface area (Å²) in [5.74, 6) is 4.83. The smallest absolute Gasteiger partial charge is 0.294 e. The number of nitrogen functional groups attached to an aromatic ring is 1. The van der Waals surface area contributed by atoms with Crippen molar-refractivity contribution in [3.8, 4) is 0 Å². The van der Waals surface area contributed by atoms with Gasteiger partial charge in [-0.15, -0.1) is 0 Å². The van der Waals surface area contributed by atoms with Crippen molar-refractivity contribution in [2.24, 2.45) is 5.84 Å². The van der Waals surface area contributed by atoms with Gasteiger partial charge in [-0.1, -0.05) is 6.07 Å². The number of rotatable bonds is 4. The number of nitrogens with one attached hydrogen (secondary N) is 2. The van der Waals surface area contributed by atoms with Crippen LogP contribution in [0.25, 0.3) is 0 Å². The van der Waals surface area contributed by atoms with Crippen molar-refractivity contribution in [1.29, 1.82) is 0 Å². The number of benzene rings is 2. The summed E-state index contributed by atoms with van der Waals surface area (Å²) in [5, 5.41) is 13.6. The van der Waals surface area contributed by atoms with E-state index in [2.05, 4.69) is 33.3 Å². The highest BCUT2D eigenvalue weighted by molar-refractivity contribution is 14.1. The SMILES string of the molecule is NNc1c(C(=O)Nc2ccc(I)cc2)cccc1[N+](=O)[O-]. The number of nitro groups is 1. The van der Waals surface area contributed by atoms with Crippen molar-refractivity contribution in [2.45, 2.75) is 0 Å². The molecule has 2 aromatic carbocycles. The van der Waals surface area contributed by atoms with E-state index >= 15 is 0 Å². The number of hydrogen-bond acceptors (Lipinski definition) is 5. The molecule has 21 heavy (non-hydrogen) atoms. The molecule has 0 saturated carbocycles. The number of halogens is 1. The largest absolute Gasteiger partial charge is 0.322 e. The van der Waals surface area contributed by atoms with Gasteiger partial charge in [0.15, 0.2) is 0 Å². The Labute approximate surface area is 133 Å². The van der Waals surface area contributed by atoms with E-state index in [1.54, 1.807) is 12.1 Å². The fourth-order valence-electron chi connectivity index (χ4n) is 1.76. The monoisotopic (exact) mass is 398 g/mol. The van der Waals surface area contributed by atoms with E-state index < -0.39 is 10.8 Å². The molecule has 0 aliphatic carbocycles. The molecular weight excluding hydrogens is 387 g/mol. The number of para-hydroxylation sites is 1. The number of hydrogen-bond donors (Lipinski definition) is 3. The van der Waals surface area contributed by atoms with E-state index in [0.29, 0.717) is 5.69 Å². The molecule has 0 fully saturated rings. The number of amides is 1. The molecule has 0 bridgehead atoms. The van der Waals surface area contributed by atoms with Gasteiger partial charge in [-0.05, 0) is 52.9 Å². The van der Waals surface area contributed by atoms with Crippen LogP contribution in [0, 0.1) is 13.7 Å². The Hall–Kier alpha value is -2.20. The van der Waals surface area contributed by atoms with E-state index in [1.165, 1.54) is 18.2 Å². The van der Waals surface area contributed by atoms with Crippen molar-refractivity contribution < 1.29 is 9.72 Å². The predicted octanol–water partition coefficient (Wildman–Crippen LogP) is 2.74. The topological polar surface area (TPSA) is 110 Å². The van der Waals surface area contributed by atoms with E-state index in [9.17, 15) is 14.9 Å². The van der Waals surface area contributed by atoms with Crippen molar-refractivity contribution >= 4 is 45.6 Å². The van der Waals surface area contributed by atoms with Crippen molar-refractivity contribution in [1.82, 2.24) is 0 Å². The first-order chi connectivity index (χ1) is 10.0. The Morgan fingerprint density at radius 3 is 2.43 bits per heavy atom. The molecule has 1 amide bonds. The molecule has 2 rings (SSSR count). The maximum Gasteiger partial charge on any atom is 0.294 e. The predicted molar refractivity (Wildman–Crippen MR) is 88.0 cm³/mol. The van der Waals surface area contributed by atoms with Crippen LogP contribution in [0.15, 0.2) is 42.5 Å². The zero-order valence-electron chi connectivity index (χ0n) is 10.7. The number of anilines is 2. The normalized spacial score (nSPS) is 10.0. The maximum atomic E-state index is 12.2. The molecule has 8 heteroatoms. The minimum atomic E-state index is -0.600. The van der Waals surface area contributed by atoms with Gasteiger partial charge in [0.05, 0.1) is 10.5 Å². The molecular formula is C13H11IN4O3. The van der Waals surface area contributed by atoms with Crippen LogP contribution in [-0.4, -0.2) is 10.8 Å². The van der Waals surface area contributed by atoms with Crippen LogP contribution in [0.4, 0.5) is 17.1 Å². The number of nitrogens with zero attached hydrogens (tertiary/aromatic N) is 1. The van der Waals surface area contributed by atoms with Crippen LogP contribution in [0.2, 0.25) is 0 Å². The number of carbonyl (C=O) groups is 1. The standard InChI is InChI=1S/C13H11IN4O3/c14-8-4-6-9(7-5-8)16-13(19)10-2-1-3-11(18(20)21)12(10)17-15/h1-7,17H,15H2,(H,16,19). The van der Waals surface area contributed by atoms with E-state index in [1.807, 2.05) is 12.1 Å². The third-order valence-electron chi connectivity index (χ3n) is 2.73. The number of carbonyl (C=O) groups excluding carboxylic acids is 1. The van der Waals surface area contributed by atoms with Gasteiger partial charge in [0.1, 0.15) is 5.69 Å². The summed E-state index contributed by atoms with van der Waals surface area (Å²) in [5.41, 5.74) is 2.63. The van der Waals surface area contributed by atoms with Gasteiger partial charge in [0, 0.05) is 15.3 Å². The first-order valence-corrected chi connectivity index (χ1v) is 6.91. The van der Waals surface area contributed by atoms with Crippen LogP contribution in [-0.2, 0) is 0 Å². The fourth-order valence-corrected chi connectivity index (χ4v) is 2.12. The second-order valence-electron chi connectivity index (χ2n) is 4.06. The van der Waals surface area contributed by atoms with Gasteiger partial charge in [0.25, 0.3) is 11.6 Å². The lowest BCUT2D eigenvalue weighted by molar-refractivity contribution is -0.384. The van der Waals surface area contributed by atoms with E-state index in [-0.39, 0.29) is 16.9 Å². The van der Waals surface area contributed by atoms with Gasteiger partial charge in [-0.25, -0.2) is 0 Å². The van der Waals surface area contributed by atoms with Crippen LogP contribution in [0.3, 0.4) is 0 Å². The third-order valence-corrected chi connectivity index (χ3v) is 3.45. The van der Waals surface area contributed by atoms with Crippen LogP contribution < -0.4 is 16.6 Å². The molecule has 2 aromatic rings. The van der Waals surface area contributed by atoms with Gasteiger partial charge in [-0.2, -0.15) is 0 Å². The lowest BCUT2D eigenvalue weighted by Gasteiger charge is -2.10. The highest BCUT2D eigenvalue weighted by atomic mass is 127. The average molecular weight is 398 g/mol. The van der Waals surface area contributed by atoms with Crippen molar-refractivity contribution in [3.63, 3.8) is 0 Å². The molecule has 0 aliphatic rings. The fraction of sp³-hybridized carbons (Fsp3) is 0. The highest BCUT2D eigenvalue weighted by Crippen LogP contribution is 2.28. The minimum Gasteiger partial charge on any atom is -0.322 e. The first kappa shape index (κ1) is 15.2. The second-order valence-corrected chi connectivity index (χ2v) is 5.31. The molecule has 4 N–H and O–H groups in total. The van der Waals surface area contributed by atoms with Gasteiger partial charge in [0.2, 0.25) is 0 Å². The number of nitrogens with two attached hydrogens (primary N) is 1. The summed E-state index contributed by atoms with van der Waals surface area (Å²) in [6.07, 6.45) is 0. The first-order valence-electron chi connectivity index (χ1n) is 5.84. The molecule has 108 valence electrons. The molecule has 0 aliphatic heterocycles. The molecule has 0 atom stereocenters. The van der Waals surface area contributed by atoms with Gasteiger partial charge < -0.3 is 10.7 Å². The van der Waals surface area contributed by atoms with E-state index in [0.717, 1.165) is 3.57 Å². The summed E-state index contributed by atoms with van der Waals surface area (Å²) < 4.78 is 1.03. The Morgan fingerprint density at radius 2 is 1.86 bits per heavy atom. The Morgan fingerprint density at radius 1 is 1.19 bits per heavy atom. The summed E-state index contributed by atoms with van der Waals surface area (Å²) >= 11 is 2.15. The number of nitro benzene ring substituents is 1. The minimum absolute atomic E-state index is 0.0227. The molecule has 0 heterocycles. The van der Waals surface area contributed by atoms with Crippen LogP contribution >= 0.6 is 22.6 Å². The lowest BCUT2D eigenvalue weighted by atomic mass is 10.1. The molecule has 0 unspecified atom stereocenters. The van der Waals surface area contributed by atoms with Gasteiger partial charge >= 0.3 is 0 Å². The quantitative estimate of drug-likeness (QED) is 0.318. The molecule has 0 aromatic heterocycles. The second kappa shape index (κ2) is 6.50. The summed E-state index contributed by atoms with van der Waals surface area (Å²) in [6, 6.07) is 11.3. The van der Waals surface area contributed by atoms with Crippen LogP contribution in [0.5, 0.6) is 0 Å². The van der Waals surface area contributed by atoms with Crippen LogP contribution in [0.1, 0.15) is 10.4 Å². The zero-order chi connectivity index (χ0) is 15.4. The van der Waals surface area contributed by atoms with Crippen molar-refractivity contribution in [3.05, 3.63) is 61.7 Å². The summed E-state index contributed by atoms with van der Waals surface area (Å²) in [7, 11) is 0. The molecule has 0 saturated heterocycles. The summed E-state index contributed by atoms with van der Waals surface area (Å²) in [6.45, 7) is 0. The number of hydrazine groups is 1. The van der Waals surface area contributed by atoms with Crippen molar-refractivity contribution in [2.75, 3.05) is 10.7 Å². The molecule has 7 nitrogen and oxygen atoms in total. The average Bonchev–Trinajstić information content (AvgIpc) is 2.48. The third kappa shape index (κ3) is 3.47. The summed E-state index contributed by atoms with van der Waals surface area (Å²) in [4.78, 5) is 22.6. The van der Waals surface area contributed by atoms with E-state index in [4.69, 9.17) is 5.84 Å². The van der Waals surface area contributed by atoms with Gasteiger partial charge in [-0.3, -0.25) is 20.8 Å².